The fourth-order valence-corrected chi connectivity index (χ4v) is 2.32. The van der Waals surface area contributed by atoms with Crippen molar-refractivity contribution in [3.05, 3.63) is 22.4 Å². The van der Waals surface area contributed by atoms with Gasteiger partial charge >= 0.3 is 0 Å². The minimum Gasteiger partial charge on any atom is -0.378 e. The molecule has 0 atom stereocenters. The first kappa shape index (κ1) is 10.1. The van der Waals surface area contributed by atoms with Crippen LogP contribution in [0.2, 0.25) is 0 Å². The topological polar surface area (TPSA) is 38.5 Å². The lowest BCUT2D eigenvalue weighted by molar-refractivity contribution is -0.0666. The van der Waals surface area contributed by atoms with E-state index in [-0.39, 0.29) is 0 Å². The van der Waals surface area contributed by atoms with Crippen molar-refractivity contribution in [1.82, 2.24) is 4.90 Å². The van der Waals surface area contributed by atoms with Gasteiger partial charge in [0.15, 0.2) is 0 Å². The second kappa shape index (κ2) is 4.89. The number of nitrogens with two attached hydrogens (primary N) is 1. The predicted molar refractivity (Wildman–Crippen MR) is 58.4 cm³/mol. The van der Waals surface area contributed by atoms with Gasteiger partial charge in [0.1, 0.15) is 0 Å². The molecule has 0 radical (unpaired) electrons. The monoisotopic (exact) mass is 212 g/mol. The molecule has 78 valence electrons. The van der Waals surface area contributed by atoms with Gasteiger partial charge in [0.05, 0.1) is 19.3 Å². The van der Waals surface area contributed by atoms with Crippen LogP contribution < -0.4 is 5.73 Å². The molecule has 0 bridgehead atoms. The summed E-state index contributed by atoms with van der Waals surface area (Å²) in [6, 6.07) is 4.85. The Bertz CT molecular complexity index is 259. The van der Waals surface area contributed by atoms with E-state index in [9.17, 15) is 0 Å². The highest BCUT2D eigenvalue weighted by molar-refractivity contribution is 7.09. The first-order valence-electron chi connectivity index (χ1n) is 4.94. The zero-order chi connectivity index (χ0) is 9.80. The molecule has 1 aromatic rings. The van der Waals surface area contributed by atoms with Crippen LogP contribution >= 0.6 is 11.3 Å². The molecule has 1 aliphatic rings. The summed E-state index contributed by atoms with van der Waals surface area (Å²) in [4.78, 5) is 3.82. The van der Waals surface area contributed by atoms with E-state index in [1.54, 1.807) is 11.3 Å². The van der Waals surface area contributed by atoms with Crippen LogP contribution in [0.1, 0.15) is 4.88 Å². The maximum atomic E-state index is 5.60. The SMILES string of the molecule is NCCN(Cc1cccs1)C1COC1. The molecule has 0 spiro atoms. The van der Waals surface area contributed by atoms with Gasteiger partial charge in [0.25, 0.3) is 0 Å². The van der Waals surface area contributed by atoms with Crippen LogP contribution in [0.5, 0.6) is 0 Å². The van der Waals surface area contributed by atoms with Gasteiger partial charge in [0.2, 0.25) is 0 Å². The first-order valence-corrected chi connectivity index (χ1v) is 5.82. The van der Waals surface area contributed by atoms with Crippen LogP contribution in [-0.2, 0) is 11.3 Å². The van der Waals surface area contributed by atoms with Crippen LogP contribution in [0.4, 0.5) is 0 Å². The second-order valence-electron chi connectivity index (χ2n) is 3.53. The second-order valence-corrected chi connectivity index (χ2v) is 4.56. The minimum absolute atomic E-state index is 0.584. The number of hydrogen-bond acceptors (Lipinski definition) is 4. The molecule has 1 saturated heterocycles. The van der Waals surface area contributed by atoms with E-state index in [2.05, 4.69) is 22.4 Å². The summed E-state index contributed by atoms with van der Waals surface area (Å²) in [5.41, 5.74) is 5.60. The molecule has 14 heavy (non-hydrogen) atoms. The largest absolute Gasteiger partial charge is 0.378 e. The van der Waals surface area contributed by atoms with Gasteiger partial charge in [-0.1, -0.05) is 6.07 Å². The fraction of sp³-hybridized carbons (Fsp3) is 0.600. The molecule has 0 aliphatic carbocycles. The first-order chi connectivity index (χ1) is 6.90. The maximum Gasteiger partial charge on any atom is 0.0645 e. The van der Waals surface area contributed by atoms with Gasteiger partial charge in [-0.3, -0.25) is 4.90 Å². The van der Waals surface area contributed by atoms with E-state index < -0.39 is 0 Å². The number of thiophene rings is 1. The van der Waals surface area contributed by atoms with Crippen molar-refractivity contribution in [2.24, 2.45) is 5.73 Å². The Balaban J connectivity index is 1.89. The van der Waals surface area contributed by atoms with Crippen LogP contribution in [0.25, 0.3) is 0 Å². The molecule has 2 rings (SSSR count). The quantitative estimate of drug-likeness (QED) is 0.788. The van der Waals surface area contributed by atoms with E-state index in [4.69, 9.17) is 10.5 Å². The van der Waals surface area contributed by atoms with E-state index in [1.807, 2.05) is 0 Å². The molecular weight excluding hydrogens is 196 g/mol. The van der Waals surface area contributed by atoms with Crippen LogP contribution in [0.15, 0.2) is 17.5 Å². The summed E-state index contributed by atoms with van der Waals surface area (Å²) in [5, 5.41) is 2.12. The Hall–Kier alpha value is -0.420. The lowest BCUT2D eigenvalue weighted by atomic mass is 10.2. The third kappa shape index (κ3) is 2.33. The minimum atomic E-state index is 0.584. The highest BCUT2D eigenvalue weighted by atomic mass is 32.1. The Labute approximate surface area is 88.5 Å². The van der Waals surface area contributed by atoms with Crippen molar-refractivity contribution in [3.63, 3.8) is 0 Å². The summed E-state index contributed by atoms with van der Waals surface area (Å²) in [6.07, 6.45) is 0. The zero-order valence-electron chi connectivity index (χ0n) is 8.19. The van der Waals surface area contributed by atoms with E-state index in [0.29, 0.717) is 6.04 Å². The number of ether oxygens (including phenoxy) is 1. The lowest BCUT2D eigenvalue weighted by Crippen LogP contribution is -2.50. The summed E-state index contributed by atoms with van der Waals surface area (Å²) in [7, 11) is 0. The Morgan fingerprint density at radius 2 is 2.43 bits per heavy atom. The van der Waals surface area contributed by atoms with E-state index in [1.165, 1.54) is 4.88 Å². The van der Waals surface area contributed by atoms with Gasteiger partial charge in [-0.05, 0) is 11.4 Å². The zero-order valence-corrected chi connectivity index (χ0v) is 9.00. The van der Waals surface area contributed by atoms with Crippen molar-refractivity contribution in [3.8, 4) is 0 Å². The van der Waals surface area contributed by atoms with Gasteiger partial charge in [-0.15, -0.1) is 11.3 Å². The smallest absolute Gasteiger partial charge is 0.0645 e. The molecule has 0 saturated carbocycles. The van der Waals surface area contributed by atoms with E-state index in [0.717, 1.165) is 32.8 Å². The predicted octanol–water partition coefficient (Wildman–Crippen LogP) is 0.908. The molecular formula is C10H16N2OS. The van der Waals surface area contributed by atoms with Crippen molar-refractivity contribution in [2.45, 2.75) is 12.6 Å². The third-order valence-electron chi connectivity index (χ3n) is 2.49. The van der Waals surface area contributed by atoms with E-state index >= 15 is 0 Å². The van der Waals surface area contributed by atoms with Crippen molar-refractivity contribution < 1.29 is 4.74 Å². The Morgan fingerprint density at radius 1 is 1.57 bits per heavy atom. The standard InChI is InChI=1S/C10H16N2OS/c11-3-4-12(9-7-13-8-9)6-10-2-1-5-14-10/h1-2,5,9H,3-4,6-8,11H2. The van der Waals surface area contributed by atoms with Crippen molar-refractivity contribution >= 4 is 11.3 Å². The molecule has 2 heterocycles. The fourth-order valence-electron chi connectivity index (χ4n) is 1.59. The molecule has 0 unspecified atom stereocenters. The van der Waals surface area contributed by atoms with Gasteiger partial charge in [0, 0.05) is 24.5 Å². The van der Waals surface area contributed by atoms with Crippen LogP contribution in [-0.4, -0.2) is 37.2 Å². The average molecular weight is 212 g/mol. The molecule has 0 aromatic carbocycles. The number of hydrogen-bond donors (Lipinski definition) is 1. The normalized spacial score (nSPS) is 17.3. The molecule has 2 N–H and O–H groups in total. The highest BCUT2D eigenvalue weighted by Gasteiger charge is 2.25. The van der Waals surface area contributed by atoms with Crippen molar-refractivity contribution in [2.75, 3.05) is 26.3 Å². The summed E-state index contributed by atoms with van der Waals surface area (Å²) in [5.74, 6) is 0. The van der Waals surface area contributed by atoms with Crippen LogP contribution in [0, 0.1) is 0 Å². The lowest BCUT2D eigenvalue weighted by Gasteiger charge is -2.36. The maximum absolute atomic E-state index is 5.60. The number of nitrogens with zero attached hydrogens (tertiary/aromatic N) is 1. The van der Waals surface area contributed by atoms with Gasteiger partial charge < -0.3 is 10.5 Å². The molecule has 1 aliphatic heterocycles. The Kier molecular flexibility index (Phi) is 3.53. The molecule has 1 aromatic heterocycles. The van der Waals surface area contributed by atoms with Gasteiger partial charge in [-0.25, -0.2) is 0 Å². The molecule has 3 nitrogen and oxygen atoms in total. The summed E-state index contributed by atoms with van der Waals surface area (Å²) >= 11 is 1.81. The average Bonchev–Trinajstić information content (AvgIpc) is 2.54. The molecule has 1 fully saturated rings. The van der Waals surface area contributed by atoms with Crippen LogP contribution in [0.3, 0.4) is 0 Å². The van der Waals surface area contributed by atoms with Gasteiger partial charge in [-0.2, -0.15) is 0 Å². The summed E-state index contributed by atoms with van der Waals surface area (Å²) < 4.78 is 5.20. The highest BCUT2D eigenvalue weighted by Crippen LogP contribution is 2.17. The Morgan fingerprint density at radius 3 is 2.93 bits per heavy atom. The molecule has 0 amide bonds. The summed E-state index contributed by atoms with van der Waals surface area (Å²) in [6.45, 7) is 4.44. The van der Waals surface area contributed by atoms with Crippen molar-refractivity contribution in [1.29, 1.82) is 0 Å². The number of rotatable bonds is 5. The third-order valence-corrected chi connectivity index (χ3v) is 3.35. The molecule has 4 heteroatoms.